The number of hydrogen-bond donors (Lipinski definition) is 0. The summed E-state index contributed by atoms with van der Waals surface area (Å²) in [5, 5.41) is 1.17. The molecule has 14 heteroatoms. The lowest BCUT2D eigenvalue weighted by atomic mass is 10.2. The highest BCUT2D eigenvalue weighted by Gasteiger charge is 2.25. The van der Waals surface area contributed by atoms with E-state index in [1.807, 2.05) is 18.2 Å². The topological polar surface area (TPSA) is 80.6 Å². The van der Waals surface area contributed by atoms with Gasteiger partial charge in [0.05, 0.1) is 29.3 Å². The number of nitrogens with zero attached hydrogens (tertiary/aromatic N) is 7. The highest BCUT2D eigenvalue weighted by Crippen LogP contribution is 2.45. The Labute approximate surface area is 216 Å². The van der Waals surface area contributed by atoms with Crippen molar-refractivity contribution in [3.8, 4) is 0 Å². The summed E-state index contributed by atoms with van der Waals surface area (Å²) in [4.78, 5) is 26.7. The van der Waals surface area contributed by atoms with Crippen molar-refractivity contribution in [1.29, 1.82) is 0 Å². The quantitative estimate of drug-likeness (QED) is 0.181. The molecule has 32 heavy (non-hydrogen) atoms. The van der Waals surface area contributed by atoms with Gasteiger partial charge in [0.25, 0.3) is 0 Å². The highest BCUT2D eigenvalue weighted by molar-refractivity contribution is 7.99. The molecule has 3 heterocycles. The van der Waals surface area contributed by atoms with Gasteiger partial charge < -0.3 is 0 Å². The van der Waals surface area contributed by atoms with Crippen LogP contribution in [0.4, 0.5) is 17.3 Å². The Morgan fingerprint density at radius 2 is 1.12 bits per heavy atom. The lowest BCUT2D eigenvalue weighted by Crippen LogP contribution is -2.16. The summed E-state index contributed by atoms with van der Waals surface area (Å²) in [6.45, 7) is 0. The van der Waals surface area contributed by atoms with Crippen LogP contribution in [-0.2, 0) is 0 Å². The lowest BCUT2D eigenvalue weighted by Gasteiger charge is -2.26. The molecule has 162 valence electrons. The van der Waals surface area contributed by atoms with E-state index in [2.05, 4.69) is 29.9 Å². The van der Waals surface area contributed by atoms with Gasteiger partial charge >= 0.3 is 0 Å². The Balaban J connectivity index is 1.94. The van der Waals surface area contributed by atoms with Gasteiger partial charge in [0.15, 0.2) is 11.6 Å². The summed E-state index contributed by atoms with van der Waals surface area (Å²) >= 11 is 38.4. The zero-order valence-electron chi connectivity index (χ0n) is 15.3. The maximum atomic E-state index is 6.43. The fourth-order valence-electron chi connectivity index (χ4n) is 2.55. The SMILES string of the molecule is Clc1ncc(Cl)c(Sc2ccccc2N(c2nc(Cl)ncc2Cl)c2nc(Cl)ncc2Cl)n1. The Hall–Kier alpha value is -1.65. The first-order chi connectivity index (χ1) is 15.3. The van der Waals surface area contributed by atoms with E-state index in [-0.39, 0.29) is 37.5 Å². The maximum absolute atomic E-state index is 6.43. The Morgan fingerprint density at radius 1 is 0.625 bits per heavy atom. The molecular formula is C18H7Cl6N7S. The fraction of sp³-hybridized carbons (Fsp3) is 0. The second-order valence-electron chi connectivity index (χ2n) is 5.82. The molecule has 0 radical (unpaired) electrons. The second kappa shape index (κ2) is 10.1. The molecule has 0 spiro atoms. The van der Waals surface area contributed by atoms with Crippen LogP contribution in [0.5, 0.6) is 0 Å². The molecule has 7 nitrogen and oxygen atoms in total. The van der Waals surface area contributed by atoms with E-state index in [0.717, 1.165) is 0 Å². The van der Waals surface area contributed by atoms with E-state index in [0.29, 0.717) is 20.6 Å². The van der Waals surface area contributed by atoms with Crippen molar-refractivity contribution in [3.05, 3.63) is 73.8 Å². The van der Waals surface area contributed by atoms with Crippen molar-refractivity contribution in [2.45, 2.75) is 9.92 Å². The van der Waals surface area contributed by atoms with E-state index < -0.39 is 0 Å². The Kier molecular flexibility index (Phi) is 7.41. The molecule has 0 bridgehead atoms. The molecule has 0 atom stereocenters. The van der Waals surface area contributed by atoms with Crippen molar-refractivity contribution < 1.29 is 0 Å². The standard InChI is InChI=1S/C18H7Cl6N7S/c19-8-5-25-16(22)28-13(8)31(14-9(20)6-26-17(23)29-14)11-3-1-2-4-12(11)32-15-10(21)7-27-18(24)30-15/h1-7H. The molecule has 0 aliphatic carbocycles. The summed E-state index contributed by atoms with van der Waals surface area (Å²) in [5.41, 5.74) is 0.580. The molecule has 0 unspecified atom stereocenters. The van der Waals surface area contributed by atoms with Gasteiger partial charge in [-0.2, -0.15) is 9.97 Å². The highest BCUT2D eigenvalue weighted by atomic mass is 35.5. The smallest absolute Gasteiger partial charge is 0.224 e. The first-order valence-corrected chi connectivity index (χ1v) is 11.5. The number of rotatable bonds is 5. The van der Waals surface area contributed by atoms with Gasteiger partial charge in [0.2, 0.25) is 15.9 Å². The molecule has 4 rings (SSSR count). The van der Waals surface area contributed by atoms with Gasteiger partial charge in [0, 0.05) is 4.90 Å². The summed E-state index contributed by atoms with van der Waals surface area (Å²) in [6.07, 6.45) is 4.15. The predicted molar refractivity (Wildman–Crippen MR) is 129 cm³/mol. The van der Waals surface area contributed by atoms with Crippen LogP contribution < -0.4 is 4.90 Å². The number of halogens is 6. The van der Waals surface area contributed by atoms with Gasteiger partial charge in [-0.1, -0.05) is 58.7 Å². The predicted octanol–water partition coefficient (Wildman–Crippen LogP) is 7.60. The molecule has 0 N–H and O–H groups in total. The monoisotopic (exact) mass is 563 g/mol. The first kappa shape index (κ1) is 23.5. The van der Waals surface area contributed by atoms with Gasteiger partial charge in [-0.25, -0.2) is 19.9 Å². The van der Waals surface area contributed by atoms with E-state index >= 15 is 0 Å². The molecule has 0 aliphatic rings. The minimum absolute atomic E-state index is 0.0264. The third-order valence-electron chi connectivity index (χ3n) is 3.81. The van der Waals surface area contributed by atoms with Crippen molar-refractivity contribution in [1.82, 2.24) is 29.9 Å². The molecule has 0 saturated carbocycles. The molecule has 0 fully saturated rings. The van der Waals surface area contributed by atoms with Gasteiger partial charge in [-0.05, 0) is 46.9 Å². The Bertz CT molecular complexity index is 1260. The normalized spacial score (nSPS) is 10.9. The largest absolute Gasteiger partial charge is 0.275 e. The van der Waals surface area contributed by atoms with Crippen LogP contribution in [0.2, 0.25) is 30.9 Å². The van der Waals surface area contributed by atoms with Crippen molar-refractivity contribution in [2.24, 2.45) is 0 Å². The third kappa shape index (κ3) is 5.12. The van der Waals surface area contributed by atoms with E-state index in [1.165, 1.54) is 30.4 Å². The van der Waals surface area contributed by atoms with Crippen LogP contribution in [-0.4, -0.2) is 29.9 Å². The number of hydrogen-bond acceptors (Lipinski definition) is 8. The van der Waals surface area contributed by atoms with Crippen LogP contribution >= 0.6 is 81.4 Å². The van der Waals surface area contributed by atoms with Crippen LogP contribution in [0.3, 0.4) is 0 Å². The Morgan fingerprint density at radius 3 is 1.72 bits per heavy atom. The van der Waals surface area contributed by atoms with Crippen LogP contribution in [0, 0.1) is 0 Å². The minimum atomic E-state index is -0.0264. The molecule has 1 aromatic carbocycles. The first-order valence-electron chi connectivity index (χ1n) is 8.44. The average molecular weight is 566 g/mol. The summed E-state index contributed by atoms with van der Waals surface area (Å²) in [7, 11) is 0. The number of para-hydroxylation sites is 1. The van der Waals surface area contributed by atoms with Crippen molar-refractivity contribution in [3.63, 3.8) is 0 Å². The fourth-order valence-corrected chi connectivity index (χ4v) is 4.45. The summed E-state index contributed by atoms with van der Waals surface area (Å²) in [5.74, 6) is 0.450. The molecule has 0 aliphatic heterocycles. The third-order valence-corrected chi connectivity index (χ3v) is 6.35. The van der Waals surface area contributed by atoms with Gasteiger partial charge in [-0.15, -0.1) is 0 Å². The van der Waals surface area contributed by atoms with E-state index in [9.17, 15) is 0 Å². The summed E-state index contributed by atoms with van der Waals surface area (Å²) < 4.78 is 0. The number of anilines is 3. The van der Waals surface area contributed by atoms with Crippen LogP contribution in [0.1, 0.15) is 0 Å². The average Bonchev–Trinajstić information content (AvgIpc) is 2.77. The lowest BCUT2D eigenvalue weighted by molar-refractivity contribution is 1.04. The number of aromatic nitrogens is 6. The van der Waals surface area contributed by atoms with Crippen molar-refractivity contribution in [2.75, 3.05) is 4.90 Å². The number of benzene rings is 1. The maximum Gasteiger partial charge on any atom is 0.224 e. The van der Waals surface area contributed by atoms with E-state index in [1.54, 1.807) is 11.0 Å². The minimum Gasteiger partial charge on any atom is -0.275 e. The second-order valence-corrected chi connectivity index (χ2v) is 9.08. The van der Waals surface area contributed by atoms with Crippen LogP contribution in [0.15, 0.2) is 52.8 Å². The zero-order chi connectivity index (χ0) is 22.8. The molecule has 4 aromatic rings. The zero-order valence-corrected chi connectivity index (χ0v) is 20.7. The molecule has 0 saturated heterocycles. The summed E-state index contributed by atoms with van der Waals surface area (Å²) in [6, 6.07) is 7.29. The van der Waals surface area contributed by atoms with Gasteiger partial charge in [0.1, 0.15) is 15.1 Å². The molecule has 3 aromatic heterocycles. The van der Waals surface area contributed by atoms with Crippen LogP contribution in [0.25, 0.3) is 0 Å². The molecule has 0 amide bonds. The van der Waals surface area contributed by atoms with Crippen molar-refractivity contribution >= 4 is 98.7 Å². The van der Waals surface area contributed by atoms with Gasteiger partial charge in [-0.3, -0.25) is 4.90 Å². The molecular weight excluding hydrogens is 559 g/mol. The van der Waals surface area contributed by atoms with E-state index in [4.69, 9.17) is 69.6 Å².